The average molecular weight is 380 g/mol. The number of hydrogen-bond donors (Lipinski definition) is 3. The molecule has 5 nitrogen and oxygen atoms in total. The van der Waals surface area contributed by atoms with Crippen LogP contribution in [0.5, 0.6) is 0 Å². The highest BCUT2D eigenvalue weighted by atomic mass is 16.2. The Kier molecular flexibility index (Phi) is 5.87. The molecular weight excluding hydrogens is 336 g/mol. The second-order valence-electron chi connectivity index (χ2n) is 12.2. The molecule has 0 aromatic carbocycles. The van der Waals surface area contributed by atoms with Crippen molar-refractivity contribution in [3.8, 4) is 0 Å². The van der Waals surface area contributed by atoms with Gasteiger partial charge in [-0.3, -0.25) is 4.79 Å². The fourth-order valence-electron chi connectivity index (χ4n) is 5.68. The van der Waals surface area contributed by atoms with Crippen molar-refractivity contribution in [3.63, 3.8) is 0 Å². The van der Waals surface area contributed by atoms with E-state index in [4.69, 9.17) is 0 Å². The van der Waals surface area contributed by atoms with Crippen molar-refractivity contribution in [1.82, 2.24) is 21.3 Å². The molecule has 5 heteroatoms. The third kappa shape index (κ3) is 6.43. The topological polar surface area (TPSA) is 67.3 Å². The van der Waals surface area contributed by atoms with E-state index < -0.39 is 5.54 Å². The van der Waals surface area contributed by atoms with Gasteiger partial charge in [-0.15, -0.1) is 0 Å². The lowest BCUT2D eigenvalue weighted by Crippen LogP contribution is -2.66. The molecule has 2 saturated heterocycles. The minimum atomic E-state index is -0.646. The molecule has 0 spiro atoms. The SMILES string of the molecule is CC1(C)CC([N]C(=O)C(C)(C)NC2CC(C)(C)NC(C)(C)C2)CC(C)(C)N1. The maximum absolute atomic E-state index is 13.1. The van der Waals surface area contributed by atoms with E-state index in [1.807, 2.05) is 13.8 Å². The van der Waals surface area contributed by atoms with Crippen LogP contribution >= 0.6 is 0 Å². The number of nitrogens with one attached hydrogen (secondary N) is 3. The normalized spacial score (nSPS) is 27.9. The van der Waals surface area contributed by atoms with Crippen LogP contribution in [0.15, 0.2) is 0 Å². The first-order chi connectivity index (χ1) is 11.9. The average Bonchev–Trinajstić information content (AvgIpc) is 2.28. The molecule has 2 aliphatic heterocycles. The molecule has 2 aliphatic rings. The number of hydrogen-bond acceptors (Lipinski definition) is 4. The van der Waals surface area contributed by atoms with Crippen LogP contribution in [0.4, 0.5) is 0 Å². The number of piperidine rings is 2. The van der Waals surface area contributed by atoms with Crippen LogP contribution in [0, 0.1) is 0 Å². The van der Waals surface area contributed by atoms with Gasteiger partial charge in [0, 0.05) is 28.2 Å². The van der Waals surface area contributed by atoms with Gasteiger partial charge >= 0.3 is 0 Å². The Hall–Kier alpha value is -0.650. The summed E-state index contributed by atoms with van der Waals surface area (Å²) < 4.78 is 0. The number of nitrogens with zero attached hydrogens (tertiary/aromatic N) is 1. The summed E-state index contributed by atoms with van der Waals surface area (Å²) in [6, 6.07) is 0.372. The van der Waals surface area contributed by atoms with Gasteiger partial charge in [-0.2, -0.15) is 0 Å². The fraction of sp³-hybridized carbons (Fsp3) is 0.955. The summed E-state index contributed by atoms with van der Waals surface area (Å²) in [7, 11) is 0. The predicted octanol–water partition coefficient (Wildman–Crippen LogP) is 3.10. The first-order valence-corrected chi connectivity index (χ1v) is 10.5. The van der Waals surface area contributed by atoms with Crippen molar-refractivity contribution < 1.29 is 4.79 Å². The molecule has 2 heterocycles. The van der Waals surface area contributed by atoms with Crippen LogP contribution in [0.25, 0.3) is 0 Å². The summed E-state index contributed by atoms with van der Waals surface area (Å²) in [5.41, 5.74) is -0.543. The Morgan fingerprint density at radius 1 is 0.815 bits per heavy atom. The zero-order valence-corrected chi connectivity index (χ0v) is 19.3. The van der Waals surface area contributed by atoms with E-state index in [1.54, 1.807) is 0 Å². The van der Waals surface area contributed by atoms with Crippen LogP contribution in [0.1, 0.15) is 94.9 Å². The molecule has 27 heavy (non-hydrogen) atoms. The number of rotatable bonds is 4. The molecule has 0 aromatic rings. The lowest BCUT2D eigenvalue weighted by molar-refractivity contribution is -0.128. The van der Waals surface area contributed by atoms with Crippen molar-refractivity contribution in [2.45, 2.75) is 135 Å². The molecule has 0 atom stereocenters. The molecular formula is C22H43N4O. The minimum absolute atomic E-state index is 0.00312. The van der Waals surface area contributed by atoms with Gasteiger partial charge in [-0.25, -0.2) is 5.32 Å². The quantitative estimate of drug-likeness (QED) is 0.702. The highest BCUT2D eigenvalue weighted by Gasteiger charge is 2.43. The molecule has 3 N–H and O–H groups in total. The number of amides is 1. The van der Waals surface area contributed by atoms with E-state index in [0.29, 0.717) is 6.04 Å². The zero-order valence-electron chi connectivity index (χ0n) is 19.3. The van der Waals surface area contributed by atoms with Crippen molar-refractivity contribution in [2.75, 3.05) is 0 Å². The molecule has 0 saturated carbocycles. The van der Waals surface area contributed by atoms with Gasteiger partial charge in [0.2, 0.25) is 0 Å². The van der Waals surface area contributed by atoms with Gasteiger partial charge in [0.15, 0.2) is 0 Å². The van der Waals surface area contributed by atoms with E-state index in [2.05, 4.69) is 76.7 Å². The maximum atomic E-state index is 13.1. The Labute approximate surface area is 167 Å². The molecule has 2 rings (SSSR count). The summed E-state index contributed by atoms with van der Waals surface area (Å²) in [5.74, 6) is -0.0184. The summed E-state index contributed by atoms with van der Waals surface area (Å²) in [5, 5.41) is 15.7. The van der Waals surface area contributed by atoms with E-state index in [-0.39, 0.29) is 34.1 Å². The second kappa shape index (κ2) is 7.00. The summed E-state index contributed by atoms with van der Waals surface area (Å²) in [6.45, 7) is 21.7. The number of carbonyl (C=O) groups excluding carboxylic acids is 1. The lowest BCUT2D eigenvalue weighted by atomic mass is 9.78. The molecule has 1 radical (unpaired) electrons. The van der Waals surface area contributed by atoms with Gasteiger partial charge in [0.1, 0.15) is 0 Å². The van der Waals surface area contributed by atoms with E-state index in [0.717, 1.165) is 25.7 Å². The summed E-state index contributed by atoms with van der Waals surface area (Å²) in [6.07, 6.45) is 3.79. The molecule has 157 valence electrons. The Bertz CT molecular complexity index is 531. The van der Waals surface area contributed by atoms with Gasteiger partial charge in [0.05, 0.1) is 11.6 Å². The standard InChI is InChI=1S/C22H43N4O/c1-18(2)11-15(12-19(3,4)25-18)23-17(27)22(9,10)24-16-13-20(5,6)26-21(7,8)14-16/h15-16,24-26H,11-14H2,1-10H3. The van der Waals surface area contributed by atoms with Crippen LogP contribution in [0.2, 0.25) is 0 Å². The Morgan fingerprint density at radius 2 is 1.19 bits per heavy atom. The van der Waals surface area contributed by atoms with Gasteiger partial charge in [-0.05, 0) is 94.9 Å². The molecule has 0 aliphatic carbocycles. The first-order valence-electron chi connectivity index (χ1n) is 10.5. The van der Waals surface area contributed by atoms with Crippen molar-refractivity contribution in [2.24, 2.45) is 0 Å². The van der Waals surface area contributed by atoms with E-state index >= 15 is 0 Å². The minimum Gasteiger partial charge on any atom is -0.307 e. The third-order valence-electron chi connectivity index (χ3n) is 5.76. The monoisotopic (exact) mass is 379 g/mol. The van der Waals surface area contributed by atoms with Crippen LogP contribution in [-0.4, -0.2) is 45.7 Å². The Morgan fingerprint density at radius 3 is 1.59 bits per heavy atom. The largest absolute Gasteiger partial charge is 0.307 e. The van der Waals surface area contributed by atoms with Gasteiger partial charge in [0.25, 0.3) is 5.91 Å². The van der Waals surface area contributed by atoms with E-state index in [9.17, 15) is 4.79 Å². The second-order valence-corrected chi connectivity index (χ2v) is 12.2. The first kappa shape index (κ1) is 22.6. The molecule has 0 unspecified atom stereocenters. The zero-order chi connectivity index (χ0) is 20.9. The van der Waals surface area contributed by atoms with Crippen molar-refractivity contribution >= 4 is 5.91 Å². The highest BCUT2D eigenvalue weighted by Crippen LogP contribution is 2.31. The molecule has 0 aromatic heterocycles. The van der Waals surface area contributed by atoms with Crippen molar-refractivity contribution in [1.29, 1.82) is 0 Å². The third-order valence-corrected chi connectivity index (χ3v) is 5.76. The van der Waals surface area contributed by atoms with Crippen molar-refractivity contribution in [3.05, 3.63) is 0 Å². The van der Waals surface area contributed by atoms with Crippen LogP contribution in [-0.2, 0) is 4.79 Å². The number of carbonyl (C=O) groups is 1. The Balaban J connectivity index is 2.02. The van der Waals surface area contributed by atoms with Crippen LogP contribution in [0.3, 0.4) is 0 Å². The van der Waals surface area contributed by atoms with Crippen LogP contribution < -0.4 is 21.3 Å². The highest BCUT2D eigenvalue weighted by molar-refractivity contribution is 5.85. The molecule has 1 amide bonds. The maximum Gasteiger partial charge on any atom is 0.261 e. The summed E-state index contributed by atoms with van der Waals surface area (Å²) >= 11 is 0. The van der Waals surface area contributed by atoms with E-state index in [1.165, 1.54) is 0 Å². The molecule has 2 fully saturated rings. The fourth-order valence-corrected chi connectivity index (χ4v) is 5.68. The lowest BCUT2D eigenvalue weighted by Gasteiger charge is -2.49. The molecule has 0 bridgehead atoms. The smallest absolute Gasteiger partial charge is 0.261 e. The van der Waals surface area contributed by atoms with Gasteiger partial charge < -0.3 is 16.0 Å². The predicted molar refractivity (Wildman–Crippen MR) is 113 cm³/mol. The summed E-state index contributed by atoms with van der Waals surface area (Å²) in [4.78, 5) is 13.1. The van der Waals surface area contributed by atoms with Gasteiger partial charge in [-0.1, -0.05) is 0 Å².